The van der Waals surface area contributed by atoms with E-state index in [0.717, 1.165) is 18.2 Å². The summed E-state index contributed by atoms with van der Waals surface area (Å²) in [6.07, 6.45) is -3.58. The summed E-state index contributed by atoms with van der Waals surface area (Å²) in [6.45, 7) is 0. The molecule has 0 spiro atoms. The van der Waals surface area contributed by atoms with Crippen LogP contribution in [-0.4, -0.2) is 30.4 Å². The SMILES string of the molecule is Cn1cnc2c(NC(=O)N(S)c3cc(S(N)(=O)=O)ccc3OC(F)(F)F)cccc21. The molecule has 0 radical (unpaired) electrons. The third-order valence-corrected chi connectivity index (χ3v) is 5.21. The van der Waals surface area contributed by atoms with Gasteiger partial charge in [0.1, 0.15) is 11.2 Å². The standard InChI is InChI=1S/C16H14F3N5O4S2/c1-23-8-21-14-10(3-2-4-11(14)23)22-15(25)24(29)12-7-9(30(20,26)27)5-6-13(12)28-16(17,18)19/h2-8,29H,1H3,(H,22,25)(H2,20,26,27). The fourth-order valence-corrected chi connectivity index (χ4v) is 3.33. The number of fused-ring (bicyclic) bond motifs is 1. The molecule has 3 rings (SSSR count). The van der Waals surface area contributed by atoms with Gasteiger partial charge in [0.15, 0.2) is 5.75 Å². The number of nitrogens with one attached hydrogen (secondary N) is 1. The van der Waals surface area contributed by atoms with Crippen LogP contribution < -0.4 is 19.5 Å². The van der Waals surface area contributed by atoms with Crippen LogP contribution in [0.4, 0.5) is 29.3 Å². The first kappa shape index (κ1) is 21.7. The minimum absolute atomic E-state index is 0.262. The van der Waals surface area contributed by atoms with E-state index in [-0.39, 0.29) is 5.69 Å². The number of anilines is 2. The second kappa shape index (κ2) is 7.70. The quantitative estimate of drug-likeness (QED) is 0.516. The minimum atomic E-state index is -5.09. The Balaban J connectivity index is 1.99. The average Bonchev–Trinajstić information content (AvgIpc) is 3.01. The van der Waals surface area contributed by atoms with E-state index in [1.165, 1.54) is 12.4 Å². The molecule has 0 fully saturated rings. The van der Waals surface area contributed by atoms with Crippen LogP contribution in [0.5, 0.6) is 5.75 Å². The normalized spacial score (nSPS) is 12.1. The van der Waals surface area contributed by atoms with Crippen LogP contribution in [0.15, 0.2) is 47.6 Å². The molecule has 14 heteroatoms. The molecule has 0 atom stereocenters. The number of hydrogen-bond acceptors (Lipinski definition) is 6. The summed E-state index contributed by atoms with van der Waals surface area (Å²) >= 11 is 3.92. The molecular formula is C16H14F3N5O4S2. The van der Waals surface area contributed by atoms with Crippen molar-refractivity contribution in [2.24, 2.45) is 12.2 Å². The van der Waals surface area contributed by atoms with Gasteiger partial charge in [-0.3, -0.25) is 0 Å². The highest BCUT2D eigenvalue weighted by atomic mass is 32.2. The van der Waals surface area contributed by atoms with Gasteiger partial charge < -0.3 is 14.6 Å². The average molecular weight is 461 g/mol. The number of thiol groups is 1. The van der Waals surface area contributed by atoms with Crippen LogP contribution in [0.3, 0.4) is 0 Å². The Morgan fingerprint density at radius 3 is 2.63 bits per heavy atom. The first-order valence-corrected chi connectivity index (χ1v) is 9.94. The molecule has 0 saturated carbocycles. The van der Waals surface area contributed by atoms with E-state index < -0.39 is 38.7 Å². The van der Waals surface area contributed by atoms with Crippen molar-refractivity contribution >= 4 is 51.3 Å². The van der Waals surface area contributed by atoms with E-state index in [9.17, 15) is 26.4 Å². The first-order chi connectivity index (χ1) is 13.9. The predicted octanol–water partition coefficient (Wildman–Crippen LogP) is 3.00. The van der Waals surface area contributed by atoms with Crippen molar-refractivity contribution in [3.05, 3.63) is 42.7 Å². The van der Waals surface area contributed by atoms with Gasteiger partial charge in [-0.25, -0.2) is 27.6 Å². The summed E-state index contributed by atoms with van der Waals surface area (Å²) in [4.78, 5) is 16.2. The Bertz CT molecular complexity index is 1230. The number of aromatic nitrogens is 2. The van der Waals surface area contributed by atoms with Crippen molar-refractivity contribution in [2.45, 2.75) is 11.3 Å². The Morgan fingerprint density at radius 2 is 2.00 bits per heavy atom. The number of primary sulfonamides is 1. The number of rotatable bonds is 4. The summed E-state index contributed by atoms with van der Waals surface area (Å²) in [5.41, 5.74) is 0.793. The number of carbonyl (C=O) groups is 1. The molecule has 0 saturated heterocycles. The molecule has 2 amide bonds. The van der Waals surface area contributed by atoms with Crippen molar-refractivity contribution in [3.63, 3.8) is 0 Å². The maximum Gasteiger partial charge on any atom is 0.573 e. The summed E-state index contributed by atoms with van der Waals surface area (Å²) in [5, 5.41) is 7.48. The number of amides is 2. The number of carbonyl (C=O) groups excluding carboxylic acids is 1. The van der Waals surface area contributed by atoms with E-state index in [1.54, 1.807) is 23.7 Å². The lowest BCUT2D eigenvalue weighted by molar-refractivity contribution is -0.274. The number of sulfonamides is 1. The van der Waals surface area contributed by atoms with Gasteiger partial charge in [0.2, 0.25) is 10.0 Å². The second-order valence-electron chi connectivity index (χ2n) is 5.99. The van der Waals surface area contributed by atoms with Crippen molar-refractivity contribution in [3.8, 4) is 5.75 Å². The summed E-state index contributed by atoms with van der Waals surface area (Å²) < 4.78 is 67.4. The van der Waals surface area contributed by atoms with Gasteiger partial charge in [-0.05, 0) is 30.3 Å². The smallest absolute Gasteiger partial charge is 0.404 e. The minimum Gasteiger partial charge on any atom is -0.404 e. The number of benzene rings is 2. The summed E-state index contributed by atoms with van der Waals surface area (Å²) in [6, 6.07) is 6.21. The molecule has 1 heterocycles. The van der Waals surface area contributed by atoms with Crippen molar-refractivity contribution < 1.29 is 31.1 Å². The van der Waals surface area contributed by atoms with Crippen molar-refractivity contribution in [2.75, 3.05) is 9.62 Å². The van der Waals surface area contributed by atoms with Gasteiger partial charge in [-0.1, -0.05) is 18.9 Å². The fourth-order valence-electron chi connectivity index (χ4n) is 2.59. The zero-order chi connectivity index (χ0) is 22.3. The lowest BCUT2D eigenvalue weighted by Crippen LogP contribution is -2.28. The van der Waals surface area contributed by atoms with E-state index in [0.29, 0.717) is 15.3 Å². The van der Waals surface area contributed by atoms with E-state index in [1.807, 2.05) is 0 Å². The molecule has 160 valence electrons. The fraction of sp³-hybridized carbons (Fsp3) is 0.125. The van der Waals surface area contributed by atoms with Crippen LogP contribution in [-0.2, 0) is 17.1 Å². The number of nitrogens with zero attached hydrogens (tertiary/aromatic N) is 3. The molecule has 1 aromatic heterocycles. The first-order valence-electron chi connectivity index (χ1n) is 7.99. The number of imidazole rings is 1. The summed E-state index contributed by atoms with van der Waals surface area (Å²) in [7, 11) is -2.53. The van der Waals surface area contributed by atoms with Gasteiger partial charge in [-0.2, -0.15) is 0 Å². The second-order valence-corrected chi connectivity index (χ2v) is 7.95. The van der Waals surface area contributed by atoms with Gasteiger partial charge in [0.25, 0.3) is 0 Å². The largest absolute Gasteiger partial charge is 0.573 e. The van der Waals surface area contributed by atoms with Gasteiger partial charge in [-0.15, -0.1) is 13.2 Å². The van der Waals surface area contributed by atoms with Crippen LogP contribution in [0.25, 0.3) is 11.0 Å². The molecule has 0 bridgehead atoms. The zero-order valence-corrected chi connectivity index (χ0v) is 16.8. The Morgan fingerprint density at radius 1 is 1.30 bits per heavy atom. The topological polar surface area (TPSA) is 120 Å². The van der Waals surface area contributed by atoms with Crippen LogP contribution >= 0.6 is 12.8 Å². The maximum atomic E-state index is 12.7. The molecule has 9 nitrogen and oxygen atoms in total. The number of hydrogen-bond donors (Lipinski definition) is 3. The number of para-hydroxylation sites is 1. The van der Waals surface area contributed by atoms with Crippen molar-refractivity contribution in [1.29, 1.82) is 0 Å². The van der Waals surface area contributed by atoms with E-state index >= 15 is 0 Å². The lowest BCUT2D eigenvalue weighted by atomic mass is 10.2. The van der Waals surface area contributed by atoms with Gasteiger partial charge in [0, 0.05) is 7.05 Å². The number of urea groups is 1. The Labute approximate surface area is 173 Å². The highest BCUT2D eigenvalue weighted by Crippen LogP contribution is 2.36. The highest BCUT2D eigenvalue weighted by Gasteiger charge is 2.34. The molecule has 2 aromatic carbocycles. The van der Waals surface area contributed by atoms with Crippen molar-refractivity contribution in [1.82, 2.24) is 9.55 Å². The monoisotopic (exact) mass is 461 g/mol. The summed E-state index contributed by atoms with van der Waals surface area (Å²) in [5.74, 6) is -0.851. The van der Waals surface area contributed by atoms with Gasteiger partial charge in [0.05, 0.1) is 22.4 Å². The van der Waals surface area contributed by atoms with Crippen LogP contribution in [0.1, 0.15) is 0 Å². The van der Waals surface area contributed by atoms with Crippen LogP contribution in [0, 0.1) is 0 Å². The highest BCUT2D eigenvalue weighted by molar-refractivity contribution is 7.89. The zero-order valence-electron chi connectivity index (χ0n) is 15.1. The Hall–Kier alpha value is -2.97. The number of halogens is 3. The third kappa shape index (κ3) is 4.60. The number of nitrogens with two attached hydrogens (primary N) is 1. The third-order valence-electron chi connectivity index (χ3n) is 3.90. The van der Waals surface area contributed by atoms with Gasteiger partial charge >= 0.3 is 12.4 Å². The molecular weight excluding hydrogens is 447 g/mol. The predicted molar refractivity (Wildman–Crippen MR) is 106 cm³/mol. The lowest BCUT2D eigenvalue weighted by Gasteiger charge is -2.21. The van der Waals surface area contributed by atoms with E-state index in [4.69, 9.17) is 5.14 Å². The molecule has 30 heavy (non-hydrogen) atoms. The molecule has 3 aromatic rings. The van der Waals surface area contributed by atoms with E-state index in [2.05, 4.69) is 27.9 Å². The number of ether oxygens (including phenoxy) is 1. The molecule has 3 N–H and O–H groups in total. The number of aryl methyl sites for hydroxylation is 1. The molecule has 0 aliphatic carbocycles. The molecule has 0 unspecified atom stereocenters. The Kier molecular flexibility index (Phi) is 5.58. The molecule has 0 aliphatic heterocycles. The molecule has 0 aliphatic rings. The maximum absolute atomic E-state index is 12.7. The van der Waals surface area contributed by atoms with Crippen LogP contribution in [0.2, 0.25) is 0 Å². The number of alkyl halides is 3.